The summed E-state index contributed by atoms with van der Waals surface area (Å²) in [5.74, 6) is -2.35. The van der Waals surface area contributed by atoms with Gasteiger partial charge in [0.1, 0.15) is 19.3 Å². The standard InChI is InChI=1S/C87H140O17P2/c1-5-9-13-17-21-25-29-33-36-38-40-42-45-48-51-55-59-63-67-71-84(89)97-77-82(103-86(91)73-69-65-61-57-53-47-32-28-24-20-16-12-8-4)79-101-105(93,94)99-75-81(88)76-100-106(95,96)102-80-83(104-87(92)74-70-66-62-58-54-50-44-35-31-27-23-19-15-11-7-3)78-98-85(90)72-68-64-60-56-52-49-46-43-41-39-37-34-30-26-22-18-14-10-6-2/h9-11,13-15,21-23,25-28,32-37,40-44,48-49,51-52,60,64,81-83,88H,5-8,12,16-20,24,29-31,38-39,45-47,50,53-59,61-63,65-80H2,1-4H3,(H,93,94)(H,95,96)/b13-9-,14-10-,15-11-,25-21-,26-22-,27-23-,32-28-,36-33-,37-34-,42-40-,43-41-,44-35-,51-48-,52-49-,64-60-. The summed E-state index contributed by atoms with van der Waals surface area (Å²) in [5, 5.41) is 10.6. The van der Waals surface area contributed by atoms with Crippen molar-refractivity contribution in [1.82, 2.24) is 0 Å². The quantitative estimate of drug-likeness (QED) is 0.0169. The number of ether oxygens (including phenoxy) is 4. The zero-order chi connectivity index (χ0) is 77.4. The molecule has 106 heavy (non-hydrogen) atoms. The summed E-state index contributed by atoms with van der Waals surface area (Å²) in [6.07, 6.45) is 93.2. The van der Waals surface area contributed by atoms with Gasteiger partial charge in [-0.1, -0.05) is 274 Å². The number of carbonyl (C=O) groups is 4. The van der Waals surface area contributed by atoms with Gasteiger partial charge in [-0.3, -0.25) is 37.3 Å². The van der Waals surface area contributed by atoms with E-state index < -0.39 is 97.5 Å². The Morgan fingerprint density at radius 1 is 0.274 bits per heavy atom. The molecule has 17 nitrogen and oxygen atoms in total. The van der Waals surface area contributed by atoms with Gasteiger partial charge in [-0.15, -0.1) is 0 Å². The summed E-state index contributed by atoms with van der Waals surface area (Å²) >= 11 is 0. The minimum absolute atomic E-state index is 0.0250. The van der Waals surface area contributed by atoms with E-state index in [2.05, 4.69) is 192 Å². The van der Waals surface area contributed by atoms with E-state index in [1.807, 2.05) is 18.2 Å². The Hall–Kier alpha value is -5.84. The number of phosphoric ester groups is 2. The van der Waals surface area contributed by atoms with Crippen molar-refractivity contribution in [2.45, 2.75) is 303 Å². The fraction of sp³-hybridized carbons (Fsp3) is 0.609. The van der Waals surface area contributed by atoms with E-state index in [1.165, 1.54) is 25.7 Å². The molecule has 0 saturated heterocycles. The van der Waals surface area contributed by atoms with Gasteiger partial charge in [0, 0.05) is 25.7 Å². The molecule has 0 spiro atoms. The Morgan fingerprint density at radius 3 is 0.830 bits per heavy atom. The van der Waals surface area contributed by atoms with Gasteiger partial charge in [-0.25, -0.2) is 9.13 Å². The van der Waals surface area contributed by atoms with E-state index in [1.54, 1.807) is 0 Å². The zero-order valence-electron chi connectivity index (χ0n) is 65.5. The van der Waals surface area contributed by atoms with Crippen molar-refractivity contribution >= 4 is 39.5 Å². The molecule has 19 heteroatoms. The number of allylic oxidation sites excluding steroid dienone is 30. The average Bonchev–Trinajstić information content (AvgIpc) is 0.933. The molecular weight excluding hydrogens is 1380 g/mol. The maximum atomic E-state index is 13.1. The predicted molar refractivity (Wildman–Crippen MR) is 436 cm³/mol. The van der Waals surface area contributed by atoms with E-state index in [0.717, 1.165) is 173 Å². The number of esters is 4. The van der Waals surface area contributed by atoms with Gasteiger partial charge in [0.25, 0.3) is 0 Å². The third-order valence-corrected chi connectivity index (χ3v) is 17.8. The molecule has 0 heterocycles. The van der Waals surface area contributed by atoms with Crippen LogP contribution in [0.2, 0.25) is 0 Å². The van der Waals surface area contributed by atoms with Gasteiger partial charge >= 0.3 is 39.5 Å². The van der Waals surface area contributed by atoms with E-state index >= 15 is 0 Å². The normalized spacial score (nSPS) is 14.8. The van der Waals surface area contributed by atoms with Gasteiger partial charge in [-0.2, -0.15) is 0 Å². The maximum Gasteiger partial charge on any atom is 0.472 e. The zero-order valence-corrected chi connectivity index (χ0v) is 67.3. The van der Waals surface area contributed by atoms with Gasteiger partial charge in [0.05, 0.1) is 26.4 Å². The first-order valence-electron chi connectivity index (χ1n) is 40.0. The third kappa shape index (κ3) is 76.4. The number of hydrogen-bond acceptors (Lipinski definition) is 15. The van der Waals surface area contributed by atoms with Crippen LogP contribution in [0.1, 0.15) is 285 Å². The maximum absolute atomic E-state index is 13.1. The smallest absolute Gasteiger partial charge is 0.462 e. The van der Waals surface area contributed by atoms with Crippen molar-refractivity contribution in [2.75, 3.05) is 39.6 Å². The molecule has 5 atom stereocenters. The highest BCUT2D eigenvalue weighted by Gasteiger charge is 2.30. The number of carbonyl (C=O) groups excluding carboxylic acids is 4. The second kappa shape index (κ2) is 77.3. The predicted octanol–water partition coefficient (Wildman–Crippen LogP) is 23.6. The van der Waals surface area contributed by atoms with Crippen LogP contribution in [0.3, 0.4) is 0 Å². The highest BCUT2D eigenvalue weighted by atomic mass is 31.2. The van der Waals surface area contributed by atoms with Crippen LogP contribution < -0.4 is 0 Å². The molecule has 0 saturated carbocycles. The number of hydrogen-bond donors (Lipinski definition) is 3. The molecular formula is C87H140O17P2. The van der Waals surface area contributed by atoms with E-state index in [0.29, 0.717) is 32.1 Å². The van der Waals surface area contributed by atoms with Crippen LogP contribution in [0.4, 0.5) is 0 Å². The van der Waals surface area contributed by atoms with Gasteiger partial charge < -0.3 is 33.8 Å². The topological polar surface area (TPSA) is 237 Å². The molecule has 0 aliphatic carbocycles. The molecule has 5 unspecified atom stereocenters. The Morgan fingerprint density at radius 2 is 0.509 bits per heavy atom. The van der Waals surface area contributed by atoms with Gasteiger partial charge in [0.15, 0.2) is 12.2 Å². The lowest BCUT2D eigenvalue weighted by molar-refractivity contribution is -0.161. The van der Waals surface area contributed by atoms with Crippen LogP contribution in [-0.2, 0) is 65.4 Å². The minimum atomic E-state index is -5.01. The number of phosphoric acid groups is 2. The van der Waals surface area contributed by atoms with Crippen molar-refractivity contribution in [3.63, 3.8) is 0 Å². The van der Waals surface area contributed by atoms with Crippen LogP contribution in [0.5, 0.6) is 0 Å². The summed E-state index contributed by atoms with van der Waals surface area (Å²) in [4.78, 5) is 73.0. The minimum Gasteiger partial charge on any atom is -0.462 e. The third-order valence-electron chi connectivity index (χ3n) is 15.9. The molecule has 0 aromatic carbocycles. The molecule has 0 rings (SSSR count). The number of unbranched alkanes of at least 4 members (excludes halogenated alkanes) is 17. The van der Waals surface area contributed by atoms with Gasteiger partial charge in [-0.05, 0) is 167 Å². The van der Waals surface area contributed by atoms with Crippen LogP contribution in [-0.4, -0.2) is 96.7 Å². The second-order valence-corrected chi connectivity index (χ2v) is 28.8. The fourth-order valence-electron chi connectivity index (χ4n) is 9.87. The van der Waals surface area contributed by atoms with Crippen LogP contribution in [0.15, 0.2) is 182 Å². The molecule has 3 N–H and O–H groups in total. The average molecular weight is 1520 g/mol. The summed E-state index contributed by atoms with van der Waals surface area (Å²) in [5.41, 5.74) is 0. The van der Waals surface area contributed by atoms with Crippen molar-refractivity contribution < 1.29 is 80.2 Å². The van der Waals surface area contributed by atoms with E-state index in [-0.39, 0.29) is 25.7 Å². The van der Waals surface area contributed by atoms with Gasteiger partial charge in [0.2, 0.25) is 0 Å². The molecule has 600 valence electrons. The highest BCUT2D eigenvalue weighted by Crippen LogP contribution is 2.45. The first-order valence-corrected chi connectivity index (χ1v) is 43.0. The van der Waals surface area contributed by atoms with E-state index in [9.17, 15) is 43.2 Å². The lowest BCUT2D eigenvalue weighted by atomic mass is 10.1. The Bertz CT molecular complexity index is 2730. The molecule has 0 radical (unpaired) electrons. The van der Waals surface area contributed by atoms with E-state index in [4.69, 9.17) is 37.0 Å². The number of aliphatic hydroxyl groups excluding tert-OH is 1. The summed E-state index contributed by atoms with van der Waals surface area (Å²) in [7, 11) is -10.0. The molecule has 0 aliphatic rings. The number of rotatable bonds is 73. The first-order chi connectivity index (χ1) is 51.7. The van der Waals surface area contributed by atoms with Crippen molar-refractivity contribution in [3.8, 4) is 0 Å². The Kier molecular flexibility index (Phi) is 73.1. The molecule has 0 amide bonds. The largest absolute Gasteiger partial charge is 0.472 e. The Labute approximate surface area is 641 Å². The lowest BCUT2D eigenvalue weighted by Gasteiger charge is -2.21. The first kappa shape index (κ1) is 100. The van der Waals surface area contributed by atoms with Crippen molar-refractivity contribution in [2.24, 2.45) is 0 Å². The van der Waals surface area contributed by atoms with Crippen molar-refractivity contribution in [1.29, 1.82) is 0 Å². The molecule has 0 aromatic heterocycles. The molecule has 0 aromatic rings. The summed E-state index contributed by atoms with van der Waals surface area (Å²) < 4.78 is 68.5. The lowest BCUT2D eigenvalue weighted by Crippen LogP contribution is -2.30. The SMILES string of the molecule is CC/C=C\C/C=C\C/C=C\C/C=C\C/C=C\C/C=C\CCC(=O)OCC(COP(=O)(O)OCC(O)COP(=O)(O)OCC(COC(=O)CCCCC/C=C\C/C=C\C/C=C\C/C=C\C/C=C\CC)OC(=O)CCCCCCC/C=C\CCCCCC)OC(=O)CCCCCCC/C=C\C/C=C\C/C=C\CC. The van der Waals surface area contributed by atoms with Crippen molar-refractivity contribution in [3.05, 3.63) is 182 Å². The molecule has 0 aliphatic heterocycles. The highest BCUT2D eigenvalue weighted by molar-refractivity contribution is 7.47. The second-order valence-electron chi connectivity index (χ2n) is 25.9. The molecule has 0 fully saturated rings. The van der Waals surface area contributed by atoms with Crippen LogP contribution in [0, 0.1) is 0 Å². The molecule has 0 bridgehead atoms. The number of aliphatic hydroxyl groups is 1. The Balaban J connectivity index is 5.48. The summed E-state index contributed by atoms with van der Waals surface area (Å²) in [6, 6.07) is 0. The fourth-order valence-corrected chi connectivity index (χ4v) is 11.4. The van der Waals surface area contributed by atoms with Crippen LogP contribution >= 0.6 is 15.6 Å². The monoisotopic (exact) mass is 1520 g/mol. The summed E-state index contributed by atoms with van der Waals surface area (Å²) in [6.45, 7) is 4.35. The van der Waals surface area contributed by atoms with Crippen LogP contribution in [0.25, 0.3) is 0 Å².